The summed E-state index contributed by atoms with van der Waals surface area (Å²) in [6, 6.07) is 9.09. The van der Waals surface area contributed by atoms with E-state index in [-0.39, 0.29) is 43.8 Å². The molecule has 0 bridgehead atoms. The molecule has 3 aromatic carbocycles. The standard InChI is InChI=1S/C24H19F7N2O/c1-14-2-3-15-4-5-18(25)13-20(15)21(14)22(34)33-8-6-32(7-9-33)19-11-16(23(26,27)28)10-17(12-19)24(29,30)31/h2-5,10-13H,6-9H2,1H3. The van der Waals surface area contributed by atoms with Crippen molar-refractivity contribution in [3.63, 3.8) is 0 Å². The number of carbonyl (C=O) groups is 1. The number of rotatable bonds is 2. The highest BCUT2D eigenvalue weighted by molar-refractivity contribution is 6.08. The van der Waals surface area contributed by atoms with Crippen molar-refractivity contribution in [2.24, 2.45) is 0 Å². The van der Waals surface area contributed by atoms with E-state index in [0.717, 1.165) is 0 Å². The first kappa shape index (κ1) is 23.8. The van der Waals surface area contributed by atoms with Crippen molar-refractivity contribution < 1.29 is 35.5 Å². The maximum absolute atomic E-state index is 13.8. The van der Waals surface area contributed by atoms with Crippen LogP contribution in [0.3, 0.4) is 0 Å². The molecule has 0 unspecified atom stereocenters. The van der Waals surface area contributed by atoms with Crippen molar-refractivity contribution in [3.05, 3.63) is 76.6 Å². The molecule has 0 atom stereocenters. The van der Waals surface area contributed by atoms with E-state index in [1.54, 1.807) is 25.1 Å². The molecule has 4 rings (SSSR count). The monoisotopic (exact) mass is 484 g/mol. The van der Waals surface area contributed by atoms with Gasteiger partial charge in [-0.1, -0.05) is 18.2 Å². The Morgan fingerprint density at radius 2 is 1.35 bits per heavy atom. The molecule has 0 saturated carbocycles. The van der Waals surface area contributed by atoms with Crippen molar-refractivity contribution in [2.45, 2.75) is 19.3 Å². The fraction of sp³-hybridized carbons (Fsp3) is 0.292. The normalized spacial score (nSPS) is 15.2. The zero-order chi connectivity index (χ0) is 24.8. The third kappa shape index (κ3) is 4.67. The molecule has 1 heterocycles. The van der Waals surface area contributed by atoms with E-state index < -0.39 is 29.3 Å². The molecular formula is C24H19F7N2O. The number of hydrogen-bond donors (Lipinski definition) is 0. The van der Waals surface area contributed by atoms with Crippen molar-refractivity contribution in [1.82, 2.24) is 4.90 Å². The molecule has 0 spiro atoms. The van der Waals surface area contributed by atoms with Crippen LogP contribution in [0.1, 0.15) is 27.0 Å². The summed E-state index contributed by atoms with van der Waals surface area (Å²) in [7, 11) is 0. The van der Waals surface area contributed by atoms with Crippen LogP contribution in [-0.4, -0.2) is 37.0 Å². The van der Waals surface area contributed by atoms with E-state index in [9.17, 15) is 35.5 Å². The van der Waals surface area contributed by atoms with E-state index in [1.807, 2.05) is 0 Å². The smallest absolute Gasteiger partial charge is 0.368 e. The van der Waals surface area contributed by atoms with Gasteiger partial charge >= 0.3 is 12.4 Å². The highest BCUT2D eigenvalue weighted by atomic mass is 19.4. The lowest BCUT2D eigenvalue weighted by molar-refractivity contribution is -0.143. The second kappa shape index (κ2) is 8.48. The molecule has 1 fully saturated rings. The largest absolute Gasteiger partial charge is 0.416 e. The molecule has 1 saturated heterocycles. The Hall–Kier alpha value is -3.30. The summed E-state index contributed by atoms with van der Waals surface area (Å²) in [6.07, 6.45) is -9.87. The van der Waals surface area contributed by atoms with Gasteiger partial charge in [0.05, 0.1) is 16.7 Å². The third-order valence-corrected chi connectivity index (χ3v) is 5.91. The van der Waals surface area contributed by atoms with Crippen LogP contribution >= 0.6 is 0 Å². The van der Waals surface area contributed by atoms with Gasteiger partial charge in [-0.2, -0.15) is 26.3 Å². The Bertz CT molecular complexity index is 1210. The van der Waals surface area contributed by atoms with Crippen LogP contribution in [0, 0.1) is 12.7 Å². The first-order valence-electron chi connectivity index (χ1n) is 10.4. The number of benzene rings is 3. The number of halogens is 7. The van der Waals surface area contributed by atoms with Crippen LogP contribution in [0.15, 0.2) is 48.5 Å². The van der Waals surface area contributed by atoms with Crippen molar-refractivity contribution in [2.75, 3.05) is 31.1 Å². The van der Waals surface area contributed by atoms with Crippen LogP contribution in [0.4, 0.5) is 36.4 Å². The second-order valence-electron chi connectivity index (χ2n) is 8.17. The van der Waals surface area contributed by atoms with Gasteiger partial charge < -0.3 is 9.80 Å². The summed E-state index contributed by atoms with van der Waals surface area (Å²) in [4.78, 5) is 16.1. The molecule has 0 aromatic heterocycles. The Balaban J connectivity index is 1.59. The van der Waals surface area contributed by atoms with Crippen LogP contribution < -0.4 is 4.90 Å². The van der Waals surface area contributed by atoms with Gasteiger partial charge in [0.2, 0.25) is 0 Å². The Morgan fingerprint density at radius 3 is 1.91 bits per heavy atom. The van der Waals surface area contributed by atoms with Gasteiger partial charge in [-0.3, -0.25) is 4.79 Å². The number of amides is 1. The van der Waals surface area contributed by atoms with Crippen molar-refractivity contribution in [3.8, 4) is 0 Å². The molecule has 1 aliphatic rings. The SMILES string of the molecule is Cc1ccc2ccc(F)cc2c1C(=O)N1CCN(c2cc(C(F)(F)F)cc(C(F)(F)F)c2)CC1. The number of alkyl halides is 6. The second-order valence-corrected chi connectivity index (χ2v) is 8.17. The van der Waals surface area contributed by atoms with Crippen LogP contribution in [0.2, 0.25) is 0 Å². The van der Waals surface area contributed by atoms with Gasteiger partial charge in [-0.25, -0.2) is 4.39 Å². The zero-order valence-corrected chi connectivity index (χ0v) is 17.9. The topological polar surface area (TPSA) is 23.6 Å². The lowest BCUT2D eigenvalue weighted by Crippen LogP contribution is -2.49. The van der Waals surface area contributed by atoms with E-state index in [0.29, 0.717) is 34.0 Å². The quantitative estimate of drug-likeness (QED) is 0.400. The van der Waals surface area contributed by atoms with Crippen LogP contribution in [-0.2, 0) is 12.4 Å². The van der Waals surface area contributed by atoms with E-state index in [4.69, 9.17) is 0 Å². The summed E-state index contributed by atoms with van der Waals surface area (Å²) >= 11 is 0. The van der Waals surface area contributed by atoms with Crippen molar-refractivity contribution >= 4 is 22.4 Å². The van der Waals surface area contributed by atoms with E-state index in [2.05, 4.69) is 0 Å². The maximum Gasteiger partial charge on any atom is 0.416 e. The highest BCUT2D eigenvalue weighted by Crippen LogP contribution is 2.38. The molecule has 0 radical (unpaired) electrons. The average molecular weight is 484 g/mol. The molecule has 0 N–H and O–H groups in total. The number of anilines is 1. The minimum atomic E-state index is -4.94. The minimum absolute atomic E-state index is 0.0442. The number of fused-ring (bicyclic) bond motifs is 1. The van der Waals surface area contributed by atoms with Crippen LogP contribution in [0.5, 0.6) is 0 Å². The molecule has 0 aliphatic carbocycles. The maximum atomic E-state index is 13.8. The van der Waals surface area contributed by atoms with Gasteiger partial charge in [-0.05, 0) is 53.6 Å². The average Bonchev–Trinajstić information content (AvgIpc) is 2.77. The fourth-order valence-corrected chi connectivity index (χ4v) is 4.13. The third-order valence-electron chi connectivity index (χ3n) is 5.91. The van der Waals surface area contributed by atoms with E-state index in [1.165, 1.54) is 21.9 Å². The molecule has 3 nitrogen and oxygen atoms in total. The Kier molecular flexibility index (Phi) is 5.95. The summed E-state index contributed by atoms with van der Waals surface area (Å²) in [5.41, 5.74) is -2.02. The predicted molar refractivity (Wildman–Crippen MR) is 113 cm³/mol. The van der Waals surface area contributed by atoms with Gasteiger partial charge in [0.15, 0.2) is 0 Å². The van der Waals surface area contributed by atoms with Gasteiger partial charge in [0.25, 0.3) is 5.91 Å². The summed E-state index contributed by atoms with van der Waals surface area (Å²) < 4.78 is 93.0. The molecular weight excluding hydrogens is 465 g/mol. The zero-order valence-electron chi connectivity index (χ0n) is 17.9. The molecule has 1 aliphatic heterocycles. The minimum Gasteiger partial charge on any atom is -0.368 e. The number of nitrogens with zero attached hydrogens (tertiary/aromatic N) is 2. The summed E-state index contributed by atoms with van der Waals surface area (Å²) in [6.45, 7) is 1.98. The van der Waals surface area contributed by atoms with E-state index >= 15 is 0 Å². The number of piperazine rings is 1. The molecule has 1 amide bonds. The fourth-order valence-electron chi connectivity index (χ4n) is 4.13. The lowest BCUT2D eigenvalue weighted by Gasteiger charge is -2.37. The number of aryl methyl sites for hydroxylation is 1. The Morgan fingerprint density at radius 1 is 0.794 bits per heavy atom. The predicted octanol–water partition coefficient (Wildman–Crippen LogP) is 6.29. The van der Waals surface area contributed by atoms with Gasteiger partial charge in [-0.15, -0.1) is 0 Å². The molecule has 180 valence electrons. The number of hydrogen-bond acceptors (Lipinski definition) is 2. The Labute approximate surface area is 190 Å². The molecule has 3 aromatic rings. The van der Waals surface area contributed by atoms with Gasteiger partial charge in [0.1, 0.15) is 5.82 Å². The summed E-state index contributed by atoms with van der Waals surface area (Å²) in [5, 5.41) is 1.12. The number of carbonyl (C=O) groups excluding carboxylic acids is 1. The lowest BCUT2D eigenvalue weighted by atomic mass is 9.98. The highest BCUT2D eigenvalue weighted by Gasteiger charge is 2.38. The van der Waals surface area contributed by atoms with Crippen LogP contribution in [0.25, 0.3) is 10.8 Å². The first-order chi connectivity index (χ1) is 15.8. The van der Waals surface area contributed by atoms with Gasteiger partial charge in [0, 0.05) is 31.9 Å². The first-order valence-corrected chi connectivity index (χ1v) is 10.4. The molecule has 34 heavy (non-hydrogen) atoms. The summed E-state index contributed by atoms with van der Waals surface area (Å²) in [5.74, 6) is -0.865. The van der Waals surface area contributed by atoms with Crippen molar-refractivity contribution in [1.29, 1.82) is 0 Å². The molecule has 10 heteroatoms.